The molecule has 2 saturated heterocycles. The van der Waals surface area contributed by atoms with Crippen LogP contribution in [0.5, 0.6) is 0 Å². The molecule has 0 saturated carbocycles. The fourth-order valence-electron chi connectivity index (χ4n) is 3.13. The summed E-state index contributed by atoms with van der Waals surface area (Å²) in [6.07, 6.45) is 0.569. The maximum Gasteiger partial charge on any atom is 0.329 e. The zero-order valence-electron chi connectivity index (χ0n) is 13.1. The summed E-state index contributed by atoms with van der Waals surface area (Å²) in [5.41, 5.74) is 1.54. The molecule has 7 heteroatoms. The Morgan fingerprint density at radius 3 is 2.65 bits per heavy atom. The maximum absolute atomic E-state index is 12.9. The number of hydrogen-bond acceptors (Lipinski definition) is 4. The Morgan fingerprint density at radius 1 is 1.30 bits per heavy atom. The summed E-state index contributed by atoms with van der Waals surface area (Å²) in [6.45, 7) is 2.29. The van der Waals surface area contributed by atoms with E-state index in [1.54, 1.807) is 12.1 Å². The Morgan fingerprint density at radius 2 is 2.00 bits per heavy atom. The minimum absolute atomic E-state index is 0.0744. The van der Waals surface area contributed by atoms with Crippen LogP contribution in [-0.2, 0) is 14.3 Å². The van der Waals surface area contributed by atoms with Gasteiger partial charge in [0, 0.05) is 13.7 Å². The molecule has 2 atom stereocenters. The molecule has 0 aromatic heterocycles. The Kier molecular flexibility index (Phi) is 4.04. The molecule has 4 amide bonds. The summed E-state index contributed by atoms with van der Waals surface area (Å²) < 4.78 is 4.87. The first kappa shape index (κ1) is 15.5. The first-order valence-corrected chi connectivity index (χ1v) is 7.52. The SMILES string of the molecule is COCC(=O)N1CCC2NC(=O)N(c3ccc(C)cc3)C(=O)C21. The van der Waals surface area contributed by atoms with Crippen LogP contribution in [0.15, 0.2) is 24.3 Å². The number of nitrogens with zero attached hydrogens (tertiary/aromatic N) is 2. The molecule has 3 rings (SSSR count). The Hall–Kier alpha value is -2.41. The highest BCUT2D eigenvalue weighted by Gasteiger charge is 2.49. The number of carbonyl (C=O) groups is 3. The molecule has 1 aromatic rings. The second-order valence-electron chi connectivity index (χ2n) is 5.82. The maximum atomic E-state index is 12.9. The van der Waals surface area contributed by atoms with Crippen LogP contribution in [0.3, 0.4) is 0 Å². The molecular weight excluding hydrogens is 298 g/mol. The summed E-state index contributed by atoms with van der Waals surface area (Å²) in [4.78, 5) is 39.9. The number of benzene rings is 1. The van der Waals surface area contributed by atoms with E-state index in [1.165, 1.54) is 12.0 Å². The zero-order valence-corrected chi connectivity index (χ0v) is 13.1. The number of nitrogens with one attached hydrogen (secondary N) is 1. The highest BCUT2D eigenvalue weighted by molar-refractivity contribution is 6.19. The predicted molar refractivity (Wildman–Crippen MR) is 83.0 cm³/mol. The van der Waals surface area contributed by atoms with Gasteiger partial charge in [-0.1, -0.05) is 17.7 Å². The predicted octanol–water partition coefficient (Wildman–Crippen LogP) is 0.667. The number of ether oxygens (including phenoxy) is 1. The van der Waals surface area contributed by atoms with Crippen LogP contribution in [-0.4, -0.2) is 55.1 Å². The van der Waals surface area contributed by atoms with E-state index in [9.17, 15) is 14.4 Å². The van der Waals surface area contributed by atoms with Crippen molar-refractivity contribution < 1.29 is 19.1 Å². The minimum Gasteiger partial charge on any atom is -0.375 e. The molecule has 2 aliphatic heterocycles. The quantitative estimate of drug-likeness (QED) is 0.888. The van der Waals surface area contributed by atoms with Crippen LogP contribution in [0.1, 0.15) is 12.0 Å². The molecule has 2 unspecified atom stereocenters. The van der Waals surface area contributed by atoms with E-state index in [-0.39, 0.29) is 24.5 Å². The fourth-order valence-corrected chi connectivity index (χ4v) is 3.13. The lowest BCUT2D eigenvalue weighted by Crippen LogP contribution is -2.65. The second kappa shape index (κ2) is 6.00. The van der Waals surface area contributed by atoms with Crippen LogP contribution in [0, 0.1) is 6.92 Å². The topological polar surface area (TPSA) is 79.0 Å². The molecule has 0 bridgehead atoms. The number of anilines is 1. The molecule has 1 N–H and O–H groups in total. The number of amides is 4. The van der Waals surface area contributed by atoms with Crippen molar-refractivity contribution in [1.29, 1.82) is 0 Å². The zero-order chi connectivity index (χ0) is 16.6. The highest BCUT2D eigenvalue weighted by atomic mass is 16.5. The van der Waals surface area contributed by atoms with E-state index < -0.39 is 12.1 Å². The van der Waals surface area contributed by atoms with Crippen molar-refractivity contribution >= 4 is 23.5 Å². The van der Waals surface area contributed by atoms with Gasteiger partial charge in [-0.3, -0.25) is 9.59 Å². The first-order chi connectivity index (χ1) is 11.0. The lowest BCUT2D eigenvalue weighted by Gasteiger charge is -2.36. The number of rotatable bonds is 3. The molecular formula is C16H19N3O4. The van der Waals surface area contributed by atoms with Crippen molar-refractivity contribution in [2.24, 2.45) is 0 Å². The van der Waals surface area contributed by atoms with Crippen molar-refractivity contribution in [3.8, 4) is 0 Å². The molecule has 122 valence electrons. The van der Waals surface area contributed by atoms with Gasteiger partial charge >= 0.3 is 6.03 Å². The largest absolute Gasteiger partial charge is 0.375 e. The summed E-state index contributed by atoms with van der Waals surface area (Å²) in [5, 5.41) is 2.83. The Balaban J connectivity index is 1.89. The van der Waals surface area contributed by atoms with Gasteiger partial charge in [0.15, 0.2) is 0 Å². The Bertz CT molecular complexity index is 643. The lowest BCUT2D eigenvalue weighted by molar-refractivity contribution is -0.140. The standard InChI is InChI=1S/C16H19N3O4/c1-10-3-5-11(6-4-10)19-15(21)14-12(17-16(19)22)7-8-18(14)13(20)9-23-2/h3-6,12,14H,7-9H2,1-2H3,(H,17,22). The van der Waals surface area contributed by atoms with Gasteiger partial charge in [0.05, 0.1) is 11.7 Å². The van der Waals surface area contributed by atoms with Gasteiger partial charge in [-0.05, 0) is 25.5 Å². The number of urea groups is 1. The molecule has 7 nitrogen and oxygen atoms in total. The number of fused-ring (bicyclic) bond motifs is 1. The fraction of sp³-hybridized carbons (Fsp3) is 0.438. The van der Waals surface area contributed by atoms with E-state index in [2.05, 4.69) is 5.32 Å². The van der Waals surface area contributed by atoms with E-state index in [0.29, 0.717) is 18.7 Å². The third-order valence-corrected chi connectivity index (χ3v) is 4.26. The van der Waals surface area contributed by atoms with Crippen LogP contribution in [0.25, 0.3) is 0 Å². The monoisotopic (exact) mass is 317 g/mol. The second-order valence-corrected chi connectivity index (χ2v) is 5.82. The minimum atomic E-state index is -0.670. The van der Waals surface area contributed by atoms with E-state index >= 15 is 0 Å². The average Bonchev–Trinajstić information content (AvgIpc) is 2.93. The lowest BCUT2D eigenvalue weighted by atomic mass is 10.0. The number of imide groups is 1. The van der Waals surface area contributed by atoms with Crippen molar-refractivity contribution in [3.05, 3.63) is 29.8 Å². The molecule has 0 radical (unpaired) electrons. The molecule has 0 aliphatic carbocycles. The van der Waals surface area contributed by atoms with E-state index in [1.807, 2.05) is 19.1 Å². The molecule has 23 heavy (non-hydrogen) atoms. The van der Waals surface area contributed by atoms with E-state index in [4.69, 9.17) is 4.74 Å². The van der Waals surface area contributed by atoms with Crippen molar-refractivity contribution in [2.75, 3.05) is 25.2 Å². The van der Waals surface area contributed by atoms with Crippen LogP contribution in [0.2, 0.25) is 0 Å². The van der Waals surface area contributed by atoms with Gasteiger partial charge < -0.3 is 15.0 Å². The molecule has 2 aliphatic rings. The van der Waals surface area contributed by atoms with Crippen molar-refractivity contribution in [2.45, 2.75) is 25.4 Å². The number of likely N-dealkylation sites (tertiary alicyclic amines) is 1. The van der Waals surface area contributed by atoms with Crippen LogP contribution in [0.4, 0.5) is 10.5 Å². The van der Waals surface area contributed by atoms with E-state index in [0.717, 1.165) is 10.5 Å². The number of hydrogen-bond donors (Lipinski definition) is 1. The first-order valence-electron chi connectivity index (χ1n) is 7.52. The summed E-state index contributed by atoms with van der Waals surface area (Å²) >= 11 is 0. The average molecular weight is 317 g/mol. The number of methoxy groups -OCH3 is 1. The van der Waals surface area contributed by atoms with Crippen LogP contribution < -0.4 is 10.2 Å². The summed E-state index contributed by atoms with van der Waals surface area (Å²) in [5.74, 6) is -0.613. The smallest absolute Gasteiger partial charge is 0.329 e. The third kappa shape index (κ3) is 2.68. The molecule has 2 fully saturated rings. The van der Waals surface area contributed by atoms with Crippen LogP contribution >= 0.6 is 0 Å². The summed E-state index contributed by atoms with van der Waals surface area (Å²) in [6, 6.07) is 5.68. The highest BCUT2D eigenvalue weighted by Crippen LogP contribution is 2.27. The molecule has 0 spiro atoms. The normalized spacial score (nSPS) is 23.7. The van der Waals surface area contributed by atoms with Crippen molar-refractivity contribution in [3.63, 3.8) is 0 Å². The van der Waals surface area contributed by atoms with Gasteiger partial charge in [0.2, 0.25) is 5.91 Å². The number of aryl methyl sites for hydroxylation is 1. The van der Waals surface area contributed by atoms with Gasteiger partial charge in [-0.25, -0.2) is 9.69 Å². The molecule has 1 aromatic carbocycles. The Labute approximate surface area is 134 Å². The van der Waals surface area contributed by atoms with Gasteiger partial charge in [-0.15, -0.1) is 0 Å². The van der Waals surface area contributed by atoms with Crippen molar-refractivity contribution in [1.82, 2.24) is 10.2 Å². The third-order valence-electron chi connectivity index (χ3n) is 4.26. The molecule has 2 heterocycles. The van der Waals surface area contributed by atoms with Gasteiger partial charge in [0.1, 0.15) is 12.6 Å². The van der Waals surface area contributed by atoms with Gasteiger partial charge in [0.25, 0.3) is 5.91 Å². The number of carbonyl (C=O) groups excluding carboxylic acids is 3. The summed E-state index contributed by atoms with van der Waals surface area (Å²) in [7, 11) is 1.44. The van der Waals surface area contributed by atoms with Gasteiger partial charge in [-0.2, -0.15) is 0 Å².